The molecule has 0 saturated carbocycles. The average Bonchev–Trinajstić information content (AvgIpc) is 2.75. The third-order valence-corrected chi connectivity index (χ3v) is 6.71. The maximum absolute atomic E-state index is 13.3. The Morgan fingerprint density at radius 2 is 1.84 bits per heavy atom. The van der Waals surface area contributed by atoms with Crippen LogP contribution in [-0.2, 0) is 16.1 Å². The third-order valence-electron chi connectivity index (χ3n) is 5.23. The summed E-state index contributed by atoms with van der Waals surface area (Å²) in [6.07, 6.45) is 1.25. The highest BCUT2D eigenvalue weighted by molar-refractivity contribution is 9.10. The zero-order valence-electron chi connectivity index (χ0n) is 18.8. The van der Waals surface area contributed by atoms with Crippen molar-refractivity contribution in [3.63, 3.8) is 0 Å². The number of rotatable bonds is 10. The van der Waals surface area contributed by atoms with Crippen molar-refractivity contribution < 1.29 is 14.3 Å². The van der Waals surface area contributed by atoms with Gasteiger partial charge in [-0.05, 0) is 68.1 Å². The molecule has 0 aromatic heterocycles. The van der Waals surface area contributed by atoms with Gasteiger partial charge in [-0.2, -0.15) is 0 Å². The van der Waals surface area contributed by atoms with Crippen molar-refractivity contribution >= 4 is 50.9 Å². The molecular weight excluding hydrogens is 515 g/mol. The van der Waals surface area contributed by atoms with Gasteiger partial charge in [0, 0.05) is 27.1 Å². The second kappa shape index (κ2) is 12.5. The van der Waals surface area contributed by atoms with E-state index in [0.717, 1.165) is 16.5 Å². The Kier molecular flexibility index (Phi) is 10.3. The fourth-order valence-corrected chi connectivity index (χ4v) is 3.84. The van der Waals surface area contributed by atoms with E-state index in [1.54, 1.807) is 24.3 Å². The Morgan fingerprint density at radius 1 is 1.12 bits per heavy atom. The van der Waals surface area contributed by atoms with Crippen molar-refractivity contribution in [2.24, 2.45) is 0 Å². The largest absolute Gasteiger partial charge is 0.484 e. The third kappa shape index (κ3) is 7.39. The van der Waals surface area contributed by atoms with Crippen molar-refractivity contribution in [2.75, 3.05) is 6.61 Å². The summed E-state index contributed by atoms with van der Waals surface area (Å²) < 4.78 is 6.71. The highest BCUT2D eigenvalue weighted by Gasteiger charge is 2.30. The molecule has 2 rings (SSSR count). The number of hydrogen-bond donors (Lipinski definition) is 1. The summed E-state index contributed by atoms with van der Waals surface area (Å²) in [4.78, 5) is 27.7. The second-order valence-corrected chi connectivity index (χ2v) is 9.40. The van der Waals surface area contributed by atoms with Crippen LogP contribution in [-0.4, -0.2) is 35.4 Å². The Bertz CT molecular complexity index is 955. The molecule has 174 valence electrons. The number of carbonyl (C=O) groups excluding carboxylic acids is 2. The van der Waals surface area contributed by atoms with Crippen molar-refractivity contribution in [1.82, 2.24) is 10.2 Å². The first kappa shape index (κ1) is 26.5. The molecule has 0 saturated heterocycles. The van der Waals surface area contributed by atoms with Crippen LogP contribution in [0, 0.1) is 6.92 Å². The van der Waals surface area contributed by atoms with Gasteiger partial charge in [0.05, 0.1) is 0 Å². The van der Waals surface area contributed by atoms with Gasteiger partial charge in [0.15, 0.2) is 6.61 Å². The smallest absolute Gasteiger partial charge is 0.261 e. The molecular formula is C24H29BrCl2N2O3. The topological polar surface area (TPSA) is 58.6 Å². The lowest BCUT2D eigenvalue weighted by Gasteiger charge is -2.31. The van der Waals surface area contributed by atoms with E-state index in [1.807, 2.05) is 39.8 Å². The predicted octanol–water partition coefficient (Wildman–Crippen LogP) is 6.17. The average molecular weight is 544 g/mol. The second-order valence-electron chi connectivity index (χ2n) is 7.70. The van der Waals surface area contributed by atoms with Crippen molar-refractivity contribution in [2.45, 2.75) is 59.2 Å². The Balaban J connectivity index is 2.26. The van der Waals surface area contributed by atoms with Crippen molar-refractivity contribution in [3.05, 3.63) is 62.0 Å². The number of benzene rings is 2. The van der Waals surface area contributed by atoms with Gasteiger partial charge in [0.2, 0.25) is 5.91 Å². The lowest BCUT2D eigenvalue weighted by molar-refractivity contribution is -0.143. The molecule has 5 nitrogen and oxygen atoms in total. The van der Waals surface area contributed by atoms with Gasteiger partial charge in [0.25, 0.3) is 5.91 Å². The van der Waals surface area contributed by atoms with E-state index in [-0.39, 0.29) is 31.0 Å². The summed E-state index contributed by atoms with van der Waals surface area (Å²) in [5.41, 5.74) is 1.71. The van der Waals surface area contributed by atoms with Crippen LogP contribution in [0.3, 0.4) is 0 Å². The summed E-state index contributed by atoms with van der Waals surface area (Å²) in [5, 5.41) is 3.93. The maximum atomic E-state index is 13.3. The number of ether oxygens (including phenoxy) is 1. The minimum Gasteiger partial charge on any atom is -0.484 e. The number of nitrogens with one attached hydrogen (secondary N) is 1. The quantitative estimate of drug-likeness (QED) is 0.390. The van der Waals surface area contributed by atoms with Crippen LogP contribution in [0.1, 0.15) is 44.7 Å². The molecule has 0 fully saturated rings. The minimum atomic E-state index is -0.654. The zero-order chi connectivity index (χ0) is 23.8. The standard InChI is InChI=1S/C24H29BrCl2N2O3/c1-5-16(4)28-24(31)22(6-2)29(13-17-7-8-18(26)12-21(17)27)23(30)14-32-19-9-10-20(25)15(3)11-19/h7-12,16,22H,5-6,13-14H2,1-4H3,(H,28,31)/t16-,22+/m0/s1. The summed E-state index contributed by atoms with van der Waals surface area (Å²) in [6.45, 7) is 7.73. The number of amides is 2. The number of nitrogens with zero attached hydrogens (tertiary/aromatic N) is 1. The molecule has 2 aromatic carbocycles. The molecule has 32 heavy (non-hydrogen) atoms. The zero-order valence-corrected chi connectivity index (χ0v) is 21.9. The normalized spacial score (nSPS) is 12.7. The van der Waals surface area contributed by atoms with E-state index in [1.165, 1.54) is 4.90 Å². The summed E-state index contributed by atoms with van der Waals surface area (Å²) >= 11 is 15.8. The van der Waals surface area contributed by atoms with Gasteiger partial charge in [0.1, 0.15) is 11.8 Å². The van der Waals surface area contributed by atoms with Crippen LogP contribution in [0.25, 0.3) is 0 Å². The van der Waals surface area contributed by atoms with Gasteiger partial charge in [-0.25, -0.2) is 0 Å². The molecule has 1 N–H and O–H groups in total. The summed E-state index contributed by atoms with van der Waals surface area (Å²) in [5.74, 6) is 0.0862. The molecule has 0 aliphatic heterocycles. The number of hydrogen-bond acceptors (Lipinski definition) is 3. The monoisotopic (exact) mass is 542 g/mol. The van der Waals surface area contributed by atoms with Gasteiger partial charge in [-0.15, -0.1) is 0 Å². The SMILES string of the molecule is CC[C@H](C(=O)N[C@@H](C)CC)N(Cc1ccc(Cl)cc1Cl)C(=O)COc1ccc(Br)c(C)c1. The fourth-order valence-electron chi connectivity index (χ4n) is 3.13. The molecule has 2 atom stereocenters. The van der Waals surface area contributed by atoms with E-state index >= 15 is 0 Å². The first-order valence-corrected chi connectivity index (χ1v) is 12.1. The lowest BCUT2D eigenvalue weighted by atomic mass is 10.1. The summed E-state index contributed by atoms with van der Waals surface area (Å²) in [7, 11) is 0. The Hall–Kier alpha value is -1.76. The molecule has 2 amide bonds. The Morgan fingerprint density at radius 3 is 2.44 bits per heavy atom. The number of carbonyl (C=O) groups is 2. The van der Waals surface area contributed by atoms with Crippen molar-refractivity contribution in [3.8, 4) is 5.75 Å². The van der Waals surface area contributed by atoms with Crippen LogP contribution >= 0.6 is 39.1 Å². The van der Waals surface area contributed by atoms with Gasteiger partial charge in [-0.3, -0.25) is 9.59 Å². The first-order chi connectivity index (χ1) is 15.2. The fraction of sp³-hybridized carbons (Fsp3) is 0.417. The minimum absolute atomic E-state index is 0.00890. The van der Waals surface area contributed by atoms with E-state index in [4.69, 9.17) is 27.9 Å². The van der Waals surface area contributed by atoms with Gasteiger partial charge < -0.3 is 15.0 Å². The number of aryl methyl sites for hydroxylation is 1. The molecule has 8 heteroatoms. The molecule has 0 spiro atoms. The van der Waals surface area contributed by atoms with Gasteiger partial charge in [-0.1, -0.05) is 59.0 Å². The van der Waals surface area contributed by atoms with Crippen LogP contribution in [0.5, 0.6) is 5.75 Å². The predicted molar refractivity (Wildman–Crippen MR) is 133 cm³/mol. The van der Waals surface area contributed by atoms with Crippen LogP contribution in [0.4, 0.5) is 0 Å². The molecule has 0 radical (unpaired) electrons. The molecule has 2 aromatic rings. The van der Waals surface area contributed by atoms with Crippen molar-refractivity contribution in [1.29, 1.82) is 0 Å². The summed E-state index contributed by atoms with van der Waals surface area (Å²) in [6, 6.07) is 9.98. The first-order valence-electron chi connectivity index (χ1n) is 10.6. The highest BCUT2D eigenvalue weighted by atomic mass is 79.9. The van der Waals surface area contributed by atoms with Gasteiger partial charge >= 0.3 is 0 Å². The molecule has 0 unspecified atom stereocenters. The lowest BCUT2D eigenvalue weighted by Crippen LogP contribution is -2.51. The maximum Gasteiger partial charge on any atom is 0.261 e. The van der Waals surface area contributed by atoms with E-state index in [0.29, 0.717) is 27.8 Å². The van der Waals surface area contributed by atoms with E-state index in [9.17, 15) is 9.59 Å². The molecule has 0 bridgehead atoms. The van der Waals surface area contributed by atoms with E-state index in [2.05, 4.69) is 21.2 Å². The van der Waals surface area contributed by atoms with Crippen LogP contribution in [0.2, 0.25) is 10.0 Å². The molecule has 0 aliphatic rings. The highest BCUT2D eigenvalue weighted by Crippen LogP contribution is 2.25. The molecule has 0 heterocycles. The van der Waals surface area contributed by atoms with Crippen LogP contribution in [0.15, 0.2) is 40.9 Å². The number of halogens is 3. The Labute approximate surface area is 208 Å². The van der Waals surface area contributed by atoms with Crippen LogP contribution < -0.4 is 10.1 Å². The van der Waals surface area contributed by atoms with E-state index < -0.39 is 6.04 Å². The molecule has 0 aliphatic carbocycles.